The van der Waals surface area contributed by atoms with Gasteiger partial charge in [-0.05, 0) is 45.0 Å². The van der Waals surface area contributed by atoms with Crippen LogP contribution in [0.25, 0.3) is 0 Å². The van der Waals surface area contributed by atoms with Gasteiger partial charge in [0, 0.05) is 17.0 Å². The van der Waals surface area contributed by atoms with Gasteiger partial charge in [-0.25, -0.2) is 9.98 Å². The quantitative estimate of drug-likeness (QED) is 0.269. The lowest BCUT2D eigenvalue weighted by Crippen LogP contribution is -2.37. The molecule has 0 radical (unpaired) electrons. The molecule has 1 aromatic heterocycles. The van der Waals surface area contributed by atoms with Crippen LogP contribution in [0.15, 0.2) is 29.3 Å². The SMILES string of the molecule is CCNC(=NCc1sc(C)nc1C)NCC#Cc1ccc(C(F)(F)F)cc1.I. The number of thiazole rings is 1. The molecule has 152 valence electrons. The summed E-state index contributed by atoms with van der Waals surface area (Å²) in [4.78, 5) is 10.0. The first-order chi connectivity index (χ1) is 12.8. The number of nitrogens with one attached hydrogen (secondary N) is 2. The van der Waals surface area contributed by atoms with Gasteiger partial charge in [0.25, 0.3) is 0 Å². The van der Waals surface area contributed by atoms with Crippen LogP contribution in [0.5, 0.6) is 0 Å². The van der Waals surface area contributed by atoms with Crippen LogP contribution in [-0.4, -0.2) is 24.0 Å². The van der Waals surface area contributed by atoms with Gasteiger partial charge < -0.3 is 10.6 Å². The zero-order chi connectivity index (χ0) is 19.9. The molecule has 1 heterocycles. The summed E-state index contributed by atoms with van der Waals surface area (Å²) < 4.78 is 37.6. The summed E-state index contributed by atoms with van der Waals surface area (Å²) in [5.41, 5.74) is 0.836. The van der Waals surface area contributed by atoms with Crippen LogP contribution in [0.2, 0.25) is 0 Å². The maximum absolute atomic E-state index is 12.5. The molecule has 0 saturated heterocycles. The van der Waals surface area contributed by atoms with Crippen LogP contribution in [0, 0.1) is 25.7 Å². The molecular formula is C19H22F3IN4S. The molecule has 0 amide bonds. The highest BCUT2D eigenvalue weighted by atomic mass is 127. The Morgan fingerprint density at radius 1 is 1.18 bits per heavy atom. The Hall–Kier alpha value is -1.80. The third-order valence-corrected chi connectivity index (χ3v) is 4.57. The van der Waals surface area contributed by atoms with Gasteiger partial charge in [-0.3, -0.25) is 0 Å². The van der Waals surface area contributed by atoms with E-state index in [-0.39, 0.29) is 24.0 Å². The highest BCUT2D eigenvalue weighted by molar-refractivity contribution is 14.0. The van der Waals surface area contributed by atoms with Crippen LogP contribution in [0.4, 0.5) is 13.2 Å². The summed E-state index contributed by atoms with van der Waals surface area (Å²) in [6.07, 6.45) is -4.33. The molecule has 1 aromatic carbocycles. The molecule has 28 heavy (non-hydrogen) atoms. The number of guanidine groups is 1. The third-order valence-electron chi connectivity index (χ3n) is 3.51. The average molecular weight is 522 g/mol. The Morgan fingerprint density at radius 2 is 1.86 bits per heavy atom. The Bertz CT molecular complexity index is 849. The number of alkyl halides is 3. The van der Waals surface area contributed by atoms with Gasteiger partial charge in [-0.1, -0.05) is 11.8 Å². The predicted octanol–water partition coefficient (Wildman–Crippen LogP) is 4.50. The van der Waals surface area contributed by atoms with Crippen molar-refractivity contribution in [3.05, 3.63) is 51.0 Å². The molecule has 0 unspecified atom stereocenters. The normalized spacial score (nSPS) is 11.3. The highest BCUT2D eigenvalue weighted by Gasteiger charge is 2.29. The van der Waals surface area contributed by atoms with Crippen molar-refractivity contribution < 1.29 is 13.2 Å². The van der Waals surface area contributed by atoms with Gasteiger partial charge in [0.1, 0.15) is 0 Å². The summed E-state index contributed by atoms with van der Waals surface area (Å²) >= 11 is 1.62. The summed E-state index contributed by atoms with van der Waals surface area (Å²) in [7, 11) is 0. The second kappa shape index (κ2) is 11.3. The van der Waals surface area contributed by atoms with E-state index in [0.29, 0.717) is 31.2 Å². The van der Waals surface area contributed by atoms with Crippen molar-refractivity contribution in [2.24, 2.45) is 4.99 Å². The average Bonchev–Trinajstić information content (AvgIpc) is 2.93. The third kappa shape index (κ3) is 7.67. The molecule has 0 bridgehead atoms. The highest BCUT2D eigenvalue weighted by Crippen LogP contribution is 2.28. The topological polar surface area (TPSA) is 49.3 Å². The monoisotopic (exact) mass is 522 g/mol. The van der Waals surface area contributed by atoms with Gasteiger partial charge in [0.15, 0.2) is 5.96 Å². The van der Waals surface area contributed by atoms with E-state index in [0.717, 1.165) is 27.7 Å². The number of benzene rings is 1. The summed E-state index contributed by atoms with van der Waals surface area (Å²) in [5.74, 6) is 6.36. The van der Waals surface area contributed by atoms with Crippen molar-refractivity contribution in [1.82, 2.24) is 15.6 Å². The Labute approximate surface area is 184 Å². The van der Waals surface area contributed by atoms with Crippen molar-refractivity contribution >= 4 is 41.3 Å². The zero-order valence-electron chi connectivity index (χ0n) is 15.8. The first kappa shape index (κ1) is 24.2. The lowest BCUT2D eigenvalue weighted by Gasteiger charge is -2.08. The number of hydrogen-bond donors (Lipinski definition) is 2. The summed E-state index contributed by atoms with van der Waals surface area (Å²) in [5, 5.41) is 7.24. The lowest BCUT2D eigenvalue weighted by molar-refractivity contribution is -0.137. The molecular weight excluding hydrogens is 500 g/mol. The van der Waals surface area contributed by atoms with Crippen molar-refractivity contribution in [2.45, 2.75) is 33.5 Å². The molecule has 0 fully saturated rings. The maximum atomic E-state index is 12.5. The number of halogens is 4. The van der Waals surface area contributed by atoms with Crippen molar-refractivity contribution in [3.8, 4) is 11.8 Å². The van der Waals surface area contributed by atoms with E-state index in [9.17, 15) is 13.2 Å². The molecule has 2 rings (SSSR count). The van der Waals surface area contributed by atoms with E-state index in [4.69, 9.17) is 0 Å². The van der Waals surface area contributed by atoms with Gasteiger partial charge >= 0.3 is 6.18 Å². The fourth-order valence-electron chi connectivity index (χ4n) is 2.23. The van der Waals surface area contributed by atoms with Gasteiger partial charge in [0.05, 0.1) is 29.4 Å². The molecule has 0 atom stereocenters. The van der Waals surface area contributed by atoms with E-state index >= 15 is 0 Å². The summed E-state index contributed by atoms with van der Waals surface area (Å²) in [6.45, 7) is 7.45. The molecule has 2 N–H and O–H groups in total. The van der Waals surface area contributed by atoms with Crippen LogP contribution in [0.3, 0.4) is 0 Å². The minimum Gasteiger partial charge on any atom is -0.357 e. The first-order valence-electron chi connectivity index (χ1n) is 8.40. The lowest BCUT2D eigenvalue weighted by atomic mass is 10.1. The molecule has 2 aromatic rings. The number of hydrogen-bond acceptors (Lipinski definition) is 3. The van der Waals surface area contributed by atoms with Crippen LogP contribution < -0.4 is 10.6 Å². The van der Waals surface area contributed by atoms with E-state index < -0.39 is 11.7 Å². The molecule has 9 heteroatoms. The minimum atomic E-state index is -4.33. The maximum Gasteiger partial charge on any atom is 0.416 e. The van der Waals surface area contributed by atoms with Gasteiger partial charge in [-0.15, -0.1) is 35.3 Å². The molecule has 0 aliphatic heterocycles. The molecule has 0 aliphatic rings. The van der Waals surface area contributed by atoms with E-state index in [1.165, 1.54) is 12.1 Å². The van der Waals surface area contributed by atoms with Crippen molar-refractivity contribution in [3.63, 3.8) is 0 Å². The second-order valence-corrected chi connectivity index (χ2v) is 6.95. The molecule has 4 nitrogen and oxygen atoms in total. The first-order valence-corrected chi connectivity index (χ1v) is 9.22. The largest absolute Gasteiger partial charge is 0.416 e. The molecule has 0 saturated carbocycles. The van der Waals surface area contributed by atoms with E-state index in [1.807, 2.05) is 20.8 Å². The van der Waals surface area contributed by atoms with Gasteiger partial charge in [-0.2, -0.15) is 13.2 Å². The number of aliphatic imine (C=N–C) groups is 1. The smallest absolute Gasteiger partial charge is 0.357 e. The van der Waals surface area contributed by atoms with Crippen molar-refractivity contribution in [1.29, 1.82) is 0 Å². The summed E-state index contributed by atoms with van der Waals surface area (Å²) in [6, 6.07) is 4.79. The second-order valence-electron chi connectivity index (χ2n) is 5.67. The number of nitrogens with zero attached hydrogens (tertiary/aromatic N) is 2. The van der Waals surface area contributed by atoms with E-state index in [1.54, 1.807) is 11.3 Å². The fourth-order valence-corrected chi connectivity index (χ4v) is 3.09. The van der Waals surface area contributed by atoms with Gasteiger partial charge in [0.2, 0.25) is 0 Å². The molecule has 0 spiro atoms. The Balaban J connectivity index is 0.00000392. The number of aromatic nitrogens is 1. The van der Waals surface area contributed by atoms with Crippen LogP contribution in [0.1, 0.15) is 33.6 Å². The number of rotatable bonds is 4. The number of aryl methyl sites for hydroxylation is 2. The predicted molar refractivity (Wildman–Crippen MR) is 118 cm³/mol. The minimum absolute atomic E-state index is 0. The standard InChI is InChI=1S/C19H21F3N4S.HI/c1-4-23-18(25-12-17-13(2)26-14(3)27-17)24-11-5-6-15-7-9-16(10-8-15)19(20,21)22;/h7-10H,4,11-12H2,1-3H3,(H2,23,24,25);1H. The van der Waals surface area contributed by atoms with Crippen LogP contribution in [-0.2, 0) is 12.7 Å². The van der Waals surface area contributed by atoms with Crippen molar-refractivity contribution in [2.75, 3.05) is 13.1 Å². The fraction of sp³-hybridized carbons (Fsp3) is 0.368. The van der Waals surface area contributed by atoms with E-state index in [2.05, 4.69) is 32.5 Å². The molecule has 0 aliphatic carbocycles. The Kier molecular flexibility index (Phi) is 9.75. The zero-order valence-corrected chi connectivity index (χ0v) is 18.9. The Morgan fingerprint density at radius 3 is 2.39 bits per heavy atom. The van der Waals surface area contributed by atoms with Crippen LogP contribution >= 0.6 is 35.3 Å².